The molecule has 1 aliphatic rings. The van der Waals surface area contributed by atoms with Crippen LogP contribution in [0, 0.1) is 0 Å². The second kappa shape index (κ2) is 7.60. The third-order valence-corrected chi connectivity index (χ3v) is 5.16. The molecule has 3 rings (SSSR count). The van der Waals surface area contributed by atoms with Gasteiger partial charge in [-0.15, -0.1) is 0 Å². The lowest BCUT2D eigenvalue weighted by atomic mass is 9.96. The fourth-order valence-corrected chi connectivity index (χ4v) is 3.92. The highest BCUT2D eigenvalue weighted by atomic mass is 127. The van der Waals surface area contributed by atoms with Gasteiger partial charge in [0.2, 0.25) is 0 Å². The van der Waals surface area contributed by atoms with Gasteiger partial charge in [0, 0.05) is 21.2 Å². The summed E-state index contributed by atoms with van der Waals surface area (Å²) < 4.78 is 0.975. The molecule has 1 heterocycles. The molecule has 1 aliphatic heterocycles. The van der Waals surface area contributed by atoms with Gasteiger partial charge in [0.1, 0.15) is 0 Å². The summed E-state index contributed by atoms with van der Waals surface area (Å²) in [5.74, 6) is 0. The number of halogens is 2. The molecule has 122 valence electrons. The van der Waals surface area contributed by atoms with Crippen molar-refractivity contribution in [2.45, 2.75) is 16.2 Å². The fraction of sp³-hybridized carbons (Fsp3) is 0.263. The first kappa shape index (κ1) is 18.8. The number of hydrogen-bond acceptors (Lipinski definition) is 1. The maximum atomic E-state index is 6.24. The van der Waals surface area contributed by atoms with Gasteiger partial charge in [0.05, 0.1) is 27.7 Å². The predicted octanol–water partition coefficient (Wildman–Crippen LogP) is 2.34. The van der Waals surface area contributed by atoms with Crippen molar-refractivity contribution in [3.05, 3.63) is 64.7 Å². The molecule has 0 amide bonds. The number of rotatable bonds is 3. The Balaban J connectivity index is 0.00000192. The highest BCUT2D eigenvalue weighted by Gasteiger charge is 2.20. The summed E-state index contributed by atoms with van der Waals surface area (Å²) in [5, 5.41) is 0.802. The maximum Gasteiger partial charge on any atom is 0.0815 e. The average Bonchev–Trinajstić information content (AvgIpc) is 2.46. The Kier molecular flexibility index (Phi) is 6.22. The van der Waals surface area contributed by atoms with Gasteiger partial charge in [-0.25, -0.2) is 0 Å². The van der Waals surface area contributed by atoms with E-state index >= 15 is 0 Å². The highest BCUT2D eigenvalue weighted by molar-refractivity contribution is 7.99. The molecule has 0 unspecified atom stereocenters. The lowest BCUT2D eigenvalue weighted by Crippen LogP contribution is -3.00. The Morgan fingerprint density at radius 1 is 1.00 bits per heavy atom. The molecule has 0 bridgehead atoms. The van der Waals surface area contributed by atoms with Crippen LogP contribution in [0.3, 0.4) is 0 Å². The molecule has 0 N–H and O–H groups in total. The van der Waals surface area contributed by atoms with Gasteiger partial charge in [-0.2, -0.15) is 0 Å². The van der Waals surface area contributed by atoms with E-state index in [1.165, 1.54) is 26.5 Å². The summed E-state index contributed by atoms with van der Waals surface area (Å²) in [6.07, 6.45) is 3.43. The van der Waals surface area contributed by atoms with Crippen LogP contribution < -0.4 is 24.0 Å². The van der Waals surface area contributed by atoms with Gasteiger partial charge in [-0.3, -0.25) is 0 Å². The summed E-state index contributed by atoms with van der Waals surface area (Å²) in [6.45, 7) is 1.12. The Morgan fingerprint density at radius 2 is 1.70 bits per heavy atom. The minimum absolute atomic E-state index is 0. The Morgan fingerprint density at radius 3 is 2.43 bits per heavy atom. The van der Waals surface area contributed by atoms with Crippen molar-refractivity contribution in [2.24, 2.45) is 0 Å². The van der Waals surface area contributed by atoms with Crippen LogP contribution in [0.5, 0.6) is 0 Å². The maximum absolute atomic E-state index is 6.24. The zero-order valence-corrected chi connectivity index (χ0v) is 17.4. The summed E-state index contributed by atoms with van der Waals surface area (Å²) in [5.41, 5.74) is 3.90. The molecule has 0 aromatic heterocycles. The molecule has 0 aliphatic carbocycles. The lowest BCUT2D eigenvalue weighted by Gasteiger charge is -2.25. The standard InChI is InChI=1S/C19H21ClNS.HI/c1-21(2,3)12-6-8-15-16-7-4-5-9-18(16)22-19-11-10-14(20)13-17(15)19;/h4-5,7-11,13H,6,12H2,1-3H3;1H/q+1;/p-1/b15-8-;. The molecule has 0 radical (unpaired) electrons. The van der Waals surface area contributed by atoms with Gasteiger partial charge in [0.15, 0.2) is 0 Å². The highest BCUT2D eigenvalue weighted by Crippen LogP contribution is 2.46. The number of hydrogen-bond donors (Lipinski definition) is 0. The second-order valence-corrected chi connectivity index (χ2v) is 8.18. The number of nitrogens with zero attached hydrogens (tertiary/aromatic N) is 1. The third kappa shape index (κ3) is 4.53. The minimum Gasteiger partial charge on any atom is -1.00 e. The molecular weight excluding hydrogens is 437 g/mol. The normalized spacial score (nSPS) is 14.9. The SMILES string of the molecule is C[N+](C)(C)CC/C=C1/c2ccccc2Sc2ccc(Cl)cc21.[I-]. The van der Waals surface area contributed by atoms with Crippen LogP contribution in [0.2, 0.25) is 5.02 Å². The molecule has 0 saturated heterocycles. The van der Waals surface area contributed by atoms with E-state index in [1.807, 2.05) is 17.8 Å². The monoisotopic (exact) mass is 457 g/mol. The first-order chi connectivity index (χ1) is 10.4. The van der Waals surface area contributed by atoms with E-state index in [4.69, 9.17) is 11.6 Å². The van der Waals surface area contributed by atoms with Crippen LogP contribution in [0.15, 0.2) is 58.3 Å². The molecule has 0 spiro atoms. The fourth-order valence-electron chi connectivity index (χ4n) is 2.66. The van der Waals surface area contributed by atoms with Crippen molar-refractivity contribution in [1.82, 2.24) is 0 Å². The van der Waals surface area contributed by atoms with E-state index in [1.54, 1.807) is 0 Å². The smallest absolute Gasteiger partial charge is 0.0815 e. The van der Waals surface area contributed by atoms with E-state index < -0.39 is 0 Å². The van der Waals surface area contributed by atoms with Crippen LogP contribution in [-0.4, -0.2) is 32.2 Å². The summed E-state index contributed by atoms with van der Waals surface area (Å²) in [6, 6.07) is 14.8. The number of quaternary nitrogens is 1. The van der Waals surface area contributed by atoms with Crippen molar-refractivity contribution in [1.29, 1.82) is 0 Å². The van der Waals surface area contributed by atoms with Crippen molar-refractivity contribution in [2.75, 3.05) is 27.7 Å². The Labute approximate surface area is 165 Å². The van der Waals surface area contributed by atoms with Crippen molar-refractivity contribution in [3.8, 4) is 0 Å². The molecule has 2 aromatic rings. The van der Waals surface area contributed by atoms with Crippen LogP contribution in [0.1, 0.15) is 17.5 Å². The van der Waals surface area contributed by atoms with Crippen LogP contribution in [0.4, 0.5) is 0 Å². The Hall–Kier alpha value is -0.490. The van der Waals surface area contributed by atoms with Crippen molar-refractivity contribution in [3.63, 3.8) is 0 Å². The summed E-state index contributed by atoms with van der Waals surface area (Å²) in [7, 11) is 6.69. The molecule has 0 atom stereocenters. The third-order valence-electron chi connectivity index (χ3n) is 3.78. The molecule has 4 heteroatoms. The van der Waals surface area contributed by atoms with Gasteiger partial charge in [0.25, 0.3) is 0 Å². The molecule has 0 fully saturated rings. The summed E-state index contributed by atoms with van der Waals surface area (Å²) in [4.78, 5) is 2.62. The molecular formula is C19H21ClINS. The minimum atomic E-state index is 0. The molecule has 0 saturated carbocycles. The van der Waals surface area contributed by atoms with Gasteiger partial charge >= 0.3 is 0 Å². The number of benzene rings is 2. The van der Waals surface area contributed by atoms with Gasteiger partial charge in [-0.1, -0.05) is 47.6 Å². The van der Waals surface area contributed by atoms with Crippen molar-refractivity contribution >= 4 is 28.9 Å². The first-order valence-corrected chi connectivity index (χ1v) is 8.71. The van der Waals surface area contributed by atoms with Gasteiger partial charge < -0.3 is 28.5 Å². The van der Waals surface area contributed by atoms with Crippen LogP contribution in [-0.2, 0) is 0 Å². The van der Waals surface area contributed by atoms with Gasteiger partial charge in [-0.05, 0) is 41.0 Å². The van der Waals surface area contributed by atoms with E-state index in [-0.39, 0.29) is 24.0 Å². The molecule has 23 heavy (non-hydrogen) atoms. The number of fused-ring (bicyclic) bond motifs is 2. The van der Waals surface area contributed by atoms with E-state index in [0.29, 0.717) is 0 Å². The quantitative estimate of drug-likeness (QED) is 0.430. The van der Waals surface area contributed by atoms with E-state index in [2.05, 4.69) is 63.6 Å². The van der Waals surface area contributed by atoms with Crippen LogP contribution in [0.25, 0.3) is 5.57 Å². The van der Waals surface area contributed by atoms with Crippen molar-refractivity contribution < 1.29 is 28.5 Å². The second-order valence-electron chi connectivity index (χ2n) is 6.66. The largest absolute Gasteiger partial charge is 1.00 e. The first-order valence-electron chi connectivity index (χ1n) is 7.52. The topological polar surface area (TPSA) is 0 Å². The van der Waals surface area contributed by atoms with Crippen LogP contribution >= 0.6 is 23.4 Å². The molecule has 2 aromatic carbocycles. The Bertz CT molecular complexity index is 734. The van der Waals surface area contributed by atoms with E-state index in [0.717, 1.165) is 22.5 Å². The zero-order chi connectivity index (χ0) is 15.7. The van der Waals surface area contributed by atoms with E-state index in [9.17, 15) is 0 Å². The lowest BCUT2D eigenvalue weighted by molar-refractivity contribution is -0.869. The zero-order valence-electron chi connectivity index (χ0n) is 13.6. The summed E-state index contributed by atoms with van der Waals surface area (Å²) >= 11 is 8.07. The average molecular weight is 458 g/mol. The predicted molar refractivity (Wildman–Crippen MR) is 96.6 cm³/mol. The molecule has 1 nitrogen and oxygen atoms in total.